The van der Waals surface area contributed by atoms with E-state index in [1.54, 1.807) is 0 Å². The molecule has 1 saturated heterocycles. The van der Waals surface area contributed by atoms with Gasteiger partial charge < -0.3 is 15.0 Å². The van der Waals surface area contributed by atoms with Gasteiger partial charge in [0, 0.05) is 32.4 Å². The molecule has 108 valence electrons. The Hall–Kier alpha value is -0.910. The number of allylic oxidation sites excluding steroid dienone is 2. The van der Waals surface area contributed by atoms with Crippen molar-refractivity contribution in [1.82, 2.24) is 15.1 Å². The molecule has 1 amide bonds. The molecule has 1 aliphatic heterocycles. The van der Waals surface area contributed by atoms with Gasteiger partial charge in [-0.2, -0.15) is 0 Å². The summed E-state index contributed by atoms with van der Waals surface area (Å²) in [7, 11) is 3.86. The third-order valence-electron chi connectivity index (χ3n) is 3.75. The quantitative estimate of drug-likeness (QED) is 0.785. The van der Waals surface area contributed by atoms with Crippen LogP contribution in [-0.4, -0.2) is 68.7 Å². The predicted molar refractivity (Wildman–Crippen MR) is 74.8 cm³/mol. The van der Waals surface area contributed by atoms with Gasteiger partial charge >= 0.3 is 0 Å². The number of rotatable bonds is 5. The first-order valence-corrected chi connectivity index (χ1v) is 7.13. The fourth-order valence-corrected chi connectivity index (χ4v) is 2.60. The highest BCUT2D eigenvalue weighted by Crippen LogP contribution is 2.20. The second-order valence-electron chi connectivity index (χ2n) is 5.43. The topological polar surface area (TPSA) is 44.8 Å². The summed E-state index contributed by atoms with van der Waals surface area (Å²) in [6.45, 7) is 3.81. The molecule has 0 aromatic rings. The van der Waals surface area contributed by atoms with Gasteiger partial charge in [-0.05, 0) is 26.3 Å². The average molecular weight is 267 g/mol. The number of hydrogen-bond acceptors (Lipinski definition) is 4. The lowest BCUT2D eigenvalue weighted by Crippen LogP contribution is -2.46. The van der Waals surface area contributed by atoms with E-state index in [0.717, 1.165) is 39.1 Å². The van der Waals surface area contributed by atoms with Gasteiger partial charge in [0.05, 0.1) is 19.3 Å². The Labute approximate surface area is 115 Å². The maximum Gasteiger partial charge on any atom is 0.240 e. The summed E-state index contributed by atoms with van der Waals surface area (Å²) >= 11 is 0. The average Bonchev–Trinajstić information content (AvgIpc) is 2.92. The Morgan fingerprint density at radius 1 is 1.53 bits per heavy atom. The molecule has 2 aliphatic rings. The molecule has 1 fully saturated rings. The number of morpholine rings is 1. The molecule has 0 aromatic carbocycles. The predicted octanol–water partition coefficient (Wildman–Crippen LogP) is 0.433. The van der Waals surface area contributed by atoms with Crippen molar-refractivity contribution in [2.75, 3.05) is 46.9 Å². The van der Waals surface area contributed by atoms with Gasteiger partial charge in [-0.3, -0.25) is 9.69 Å². The van der Waals surface area contributed by atoms with E-state index in [1.807, 2.05) is 23.9 Å². The number of carbonyl (C=O) groups is 1. The first-order chi connectivity index (χ1) is 9.16. The zero-order chi connectivity index (χ0) is 13.7. The standard InChI is InChI=1S/C14H25N3O2/c1-16(10-13-9-15-7-8-19-13)11-14(18)17(2)12-5-3-4-6-12/h5,13,15H,3-4,6-11H2,1-2H3. The first-order valence-electron chi connectivity index (χ1n) is 7.13. The summed E-state index contributed by atoms with van der Waals surface area (Å²) in [6, 6.07) is 0. The maximum absolute atomic E-state index is 12.2. The Balaban J connectivity index is 1.74. The lowest BCUT2D eigenvalue weighted by Gasteiger charge is -2.29. The Kier molecular flexibility index (Phi) is 5.36. The molecule has 0 aromatic heterocycles. The molecule has 0 radical (unpaired) electrons. The Morgan fingerprint density at radius 3 is 3.00 bits per heavy atom. The first kappa shape index (κ1) is 14.5. The molecule has 1 aliphatic carbocycles. The second-order valence-corrected chi connectivity index (χ2v) is 5.43. The molecule has 5 heteroatoms. The van der Waals surface area contributed by atoms with Crippen LogP contribution in [0.25, 0.3) is 0 Å². The molecular formula is C14H25N3O2. The van der Waals surface area contributed by atoms with Gasteiger partial charge in [-0.15, -0.1) is 0 Å². The lowest BCUT2D eigenvalue weighted by atomic mass is 10.2. The number of amides is 1. The number of hydrogen-bond donors (Lipinski definition) is 1. The Morgan fingerprint density at radius 2 is 2.37 bits per heavy atom. The van der Waals surface area contributed by atoms with Crippen LogP contribution in [-0.2, 0) is 9.53 Å². The molecule has 0 bridgehead atoms. The summed E-state index contributed by atoms with van der Waals surface area (Å²) in [5.41, 5.74) is 1.17. The largest absolute Gasteiger partial charge is 0.374 e. The van der Waals surface area contributed by atoms with E-state index in [1.165, 1.54) is 12.1 Å². The van der Waals surface area contributed by atoms with Crippen LogP contribution in [0.1, 0.15) is 19.3 Å². The molecule has 19 heavy (non-hydrogen) atoms. The van der Waals surface area contributed by atoms with E-state index in [4.69, 9.17) is 4.74 Å². The molecule has 1 N–H and O–H groups in total. The van der Waals surface area contributed by atoms with E-state index in [-0.39, 0.29) is 12.0 Å². The minimum Gasteiger partial charge on any atom is -0.374 e. The van der Waals surface area contributed by atoms with Crippen LogP contribution in [0, 0.1) is 0 Å². The molecule has 1 heterocycles. The second kappa shape index (κ2) is 7.03. The van der Waals surface area contributed by atoms with Crippen LogP contribution < -0.4 is 5.32 Å². The number of nitrogens with zero attached hydrogens (tertiary/aromatic N) is 2. The van der Waals surface area contributed by atoms with E-state index in [9.17, 15) is 4.79 Å². The van der Waals surface area contributed by atoms with Crippen molar-refractivity contribution in [3.63, 3.8) is 0 Å². The van der Waals surface area contributed by atoms with Gasteiger partial charge in [0.2, 0.25) is 5.91 Å². The summed E-state index contributed by atoms with van der Waals surface area (Å²) in [4.78, 5) is 16.0. The van der Waals surface area contributed by atoms with Crippen molar-refractivity contribution in [3.8, 4) is 0 Å². The summed E-state index contributed by atoms with van der Waals surface area (Å²) in [5.74, 6) is 0.166. The smallest absolute Gasteiger partial charge is 0.240 e. The molecule has 0 saturated carbocycles. The van der Waals surface area contributed by atoms with Crippen LogP contribution in [0.4, 0.5) is 0 Å². The van der Waals surface area contributed by atoms with Crippen LogP contribution >= 0.6 is 0 Å². The Bertz CT molecular complexity index is 338. The van der Waals surface area contributed by atoms with Crippen LogP contribution in [0.15, 0.2) is 11.8 Å². The van der Waals surface area contributed by atoms with Crippen molar-refractivity contribution in [2.24, 2.45) is 0 Å². The fraction of sp³-hybridized carbons (Fsp3) is 0.786. The molecule has 0 spiro atoms. The van der Waals surface area contributed by atoms with Crippen LogP contribution in [0.3, 0.4) is 0 Å². The normalized spacial score (nSPS) is 23.5. The van der Waals surface area contributed by atoms with Crippen molar-refractivity contribution in [1.29, 1.82) is 0 Å². The zero-order valence-electron chi connectivity index (χ0n) is 12.0. The number of ether oxygens (including phenoxy) is 1. The van der Waals surface area contributed by atoms with Crippen LogP contribution in [0.2, 0.25) is 0 Å². The van der Waals surface area contributed by atoms with E-state index >= 15 is 0 Å². The molecule has 5 nitrogen and oxygen atoms in total. The maximum atomic E-state index is 12.2. The fourth-order valence-electron chi connectivity index (χ4n) is 2.60. The number of carbonyl (C=O) groups excluding carboxylic acids is 1. The molecule has 2 rings (SSSR count). The molecule has 1 atom stereocenters. The summed E-state index contributed by atoms with van der Waals surface area (Å²) in [5, 5.41) is 3.30. The van der Waals surface area contributed by atoms with Gasteiger partial charge in [0.15, 0.2) is 0 Å². The minimum atomic E-state index is 0.166. The zero-order valence-corrected chi connectivity index (χ0v) is 12.0. The van der Waals surface area contributed by atoms with Gasteiger partial charge in [0.1, 0.15) is 0 Å². The third kappa shape index (κ3) is 4.30. The van der Waals surface area contributed by atoms with Crippen molar-refractivity contribution in [3.05, 3.63) is 11.8 Å². The molecule has 1 unspecified atom stereocenters. The molecular weight excluding hydrogens is 242 g/mol. The van der Waals surface area contributed by atoms with E-state index < -0.39 is 0 Å². The summed E-state index contributed by atoms with van der Waals surface area (Å²) < 4.78 is 5.65. The van der Waals surface area contributed by atoms with Crippen molar-refractivity contribution >= 4 is 5.91 Å². The minimum absolute atomic E-state index is 0.166. The highest BCUT2D eigenvalue weighted by molar-refractivity contribution is 5.79. The SMILES string of the molecule is CN(CC(=O)N(C)C1=CCCC1)CC1CNCCO1. The van der Waals surface area contributed by atoms with Crippen molar-refractivity contribution < 1.29 is 9.53 Å². The number of nitrogens with one attached hydrogen (secondary N) is 1. The highest BCUT2D eigenvalue weighted by Gasteiger charge is 2.20. The lowest BCUT2D eigenvalue weighted by molar-refractivity contribution is -0.129. The van der Waals surface area contributed by atoms with E-state index in [0.29, 0.717) is 6.54 Å². The van der Waals surface area contributed by atoms with Gasteiger partial charge in [-0.1, -0.05) is 6.08 Å². The number of likely N-dealkylation sites (N-methyl/N-ethyl adjacent to an activating group) is 2. The van der Waals surface area contributed by atoms with Crippen molar-refractivity contribution in [2.45, 2.75) is 25.4 Å². The van der Waals surface area contributed by atoms with Crippen LogP contribution in [0.5, 0.6) is 0 Å². The van der Waals surface area contributed by atoms with Gasteiger partial charge in [0.25, 0.3) is 0 Å². The van der Waals surface area contributed by atoms with E-state index in [2.05, 4.69) is 11.4 Å². The summed E-state index contributed by atoms with van der Waals surface area (Å²) in [6.07, 6.45) is 5.67. The highest BCUT2D eigenvalue weighted by atomic mass is 16.5. The van der Waals surface area contributed by atoms with Gasteiger partial charge in [-0.25, -0.2) is 0 Å². The third-order valence-corrected chi connectivity index (χ3v) is 3.75. The monoisotopic (exact) mass is 267 g/mol.